The number of carbonyl (C=O) groups is 1. The molecule has 104 valence electrons. The van der Waals surface area contributed by atoms with Gasteiger partial charge in [-0.05, 0) is 12.1 Å². The summed E-state index contributed by atoms with van der Waals surface area (Å²) in [7, 11) is 0. The minimum atomic E-state index is -4.41. The zero-order chi connectivity index (χ0) is 14.3. The average molecular weight is 274 g/mol. The Hall–Kier alpha value is -2.05. The first kappa shape index (κ1) is 15.0. The third-order valence-corrected chi connectivity index (χ3v) is 2.01. The maximum atomic E-state index is 11.3. The van der Waals surface area contributed by atoms with Crippen molar-refractivity contribution in [1.82, 2.24) is 9.97 Å². The molecule has 0 bridgehead atoms. The van der Waals surface area contributed by atoms with Gasteiger partial charge in [-0.1, -0.05) is 19.1 Å². The molecule has 0 spiro atoms. The molecule has 19 heavy (non-hydrogen) atoms. The van der Waals surface area contributed by atoms with E-state index in [9.17, 15) is 18.0 Å². The molecule has 0 saturated heterocycles. The van der Waals surface area contributed by atoms with Crippen molar-refractivity contribution >= 4 is 17.0 Å². The molecule has 0 radical (unpaired) electrons. The van der Waals surface area contributed by atoms with Crippen molar-refractivity contribution in [3.8, 4) is 0 Å². The van der Waals surface area contributed by atoms with Crippen LogP contribution in [0.3, 0.4) is 0 Å². The van der Waals surface area contributed by atoms with Gasteiger partial charge in [0, 0.05) is 6.42 Å². The summed E-state index contributed by atoms with van der Waals surface area (Å²) in [6.45, 7) is -0.0572. The second-order valence-electron chi connectivity index (χ2n) is 3.55. The Kier molecular flexibility index (Phi) is 5.35. The van der Waals surface area contributed by atoms with E-state index >= 15 is 0 Å². The highest BCUT2D eigenvalue weighted by Gasteiger charge is 2.29. The number of esters is 1. The number of para-hydroxylation sites is 2. The molecule has 0 unspecified atom stereocenters. The summed E-state index contributed by atoms with van der Waals surface area (Å²) >= 11 is 0. The number of nitrogens with zero attached hydrogens (tertiary/aromatic N) is 1. The van der Waals surface area contributed by atoms with E-state index in [0.717, 1.165) is 11.0 Å². The Morgan fingerprint density at radius 1 is 1.37 bits per heavy atom. The maximum Gasteiger partial charge on any atom is 0.422 e. The number of H-pyrrole nitrogens is 1. The molecule has 1 N–H and O–H groups in total. The summed E-state index contributed by atoms with van der Waals surface area (Å²) in [5.41, 5.74) is 2.12. The Labute approximate surface area is 107 Å². The van der Waals surface area contributed by atoms with Crippen LogP contribution in [0.1, 0.15) is 13.3 Å². The number of aromatic amines is 1. The first-order chi connectivity index (χ1) is 8.92. The van der Waals surface area contributed by atoms with E-state index in [1.54, 1.807) is 6.33 Å². The molecular weight excluding hydrogens is 261 g/mol. The van der Waals surface area contributed by atoms with Crippen LogP contribution in [-0.2, 0) is 9.53 Å². The molecule has 0 aliphatic heterocycles. The van der Waals surface area contributed by atoms with Crippen LogP contribution in [0.4, 0.5) is 13.2 Å². The Balaban J connectivity index is 0.000000190. The van der Waals surface area contributed by atoms with Gasteiger partial charge in [-0.3, -0.25) is 4.79 Å². The van der Waals surface area contributed by atoms with Gasteiger partial charge in [0.1, 0.15) is 0 Å². The lowest BCUT2D eigenvalue weighted by atomic mass is 10.3. The number of carbonyl (C=O) groups excluding carboxylic acids is 1. The normalized spacial score (nSPS) is 10.7. The largest absolute Gasteiger partial charge is 0.456 e. The third-order valence-electron chi connectivity index (χ3n) is 2.01. The number of alkyl halides is 3. The SMILES string of the molecule is CCC(=O)OCC(F)(F)F.c1ccc2[nH]cnc2c1. The molecule has 2 aromatic rings. The summed E-state index contributed by atoms with van der Waals surface area (Å²) in [5, 5.41) is 0. The first-order valence-electron chi connectivity index (χ1n) is 5.53. The molecule has 2 rings (SSSR count). The monoisotopic (exact) mass is 274 g/mol. The predicted octanol–water partition coefficient (Wildman–Crippen LogP) is 3.06. The number of benzene rings is 1. The minimum absolute atomic E-state index is 0.0317. The molecule has 1 aromatic heterocycles. The number of rotatable bonds is 2. The third kappa shape index (κ3) is 5.89. The van der Waals surface area contributed by atoms with Crippen molar-refractivity contribution in [1.29, 1.82) is 0 Å². The second-order valence-corrected chi connectivity index (χ2v) is 3.55. The summed E-state index contributed by atoms with van der Waals surface area (Å²) in [5.74, 6) is -0.836. The fourth-order valence-corrected chi connectivity index (χ4v) is 1.14. The zero-order valence-electron chi connectivity index (χ0n) is 10.2. The molecule has 1 heterocycles. The van der Waals surface area contributed by atoms with Crippen molar-refractivity contribution in [2.45, 2.75) is 19.5 Å². The molecule has 4 nitrogen and oxygen atoms in total. The predicted molar refractivity (Wildman–Crippen MR) is 63.4 cm³/mol. The number of ether oxygens (including phenoxy) is 1. The van der Waals surface area contributed by atoms with Crippen molar-refractivity contribution in [2.24, 2.45) is 0 Å². The van der Waals surface area contributed by atoms with E-state index in [4.69, 9.17) is 0 Å². The van der Waals surface area contributed by atoms with Crippen LogP contribution in [-0.4, -0.2) is 28.7 Å². The van der Waals surface area contributed by atoms with Crippen molar-refractivity contribution in [3.63, 3.8) is 0 Å². The van der Waals surface area contributed by atoms with Crippen LogP contribution >= 0.6 is 0 Å². The van der Waals surface area contributed by atoms with E-state index in [1.807, 2.05) is 24.3 Å². The molecule has 0 aliphatic rings. The Bertz CT molecular complexity index is 493. The highest BCUT2D eigenvalue weighted by atomic mass is 19.4. The maximum absolute atomic E-state index is 11.3. The lowest BCUT2D eigenvalue weighted by Crippen LogP contribution is -2.19. The van der Waals surface area contributed by atoms with Gasteiger partial charge in [0.05, 0.1) is 17.4 Å². The van der Waals surface area contributed by atoms with E-state index in [-0.39, 0.29) is 6.42 Å². The molecular formula is C12H13F3N2O2. The average Bonchev–Trinajstić information content (AvgIpc) is 2.84. The van der Waals surface area contributed by atoms with Gasteiger partial charge >= 0.3 is 12.1 Å². The number of halogens is 3. The second kappa shape index (κ2) is 6.77. The van der Waals surface area contributed by atoms with Gasteiger partial charge in [-0.15, -0.1) is 0 Å². The number of imidazole rings is 1. The van der Waals surface area contributed by atoms with Gasteiger partial charge in [-0.2, -0.15) is 13.2 Å². The number of nitrogens with one attached hydrogen (secondary N) is 1. The van der Waals surface area contributed by atoms with Gasteiger partial charge in [0.25, 0.3) is 0 Å². The number of fused-ring (bicyclic) bond motifs is 1. The van der Waals surface area contributed by atoms with Gasteiger partial charge < -0.3 is 9.72 Å². The van der Waals surface area contributed by atoms with Gasteiger partial charge in [-0.25, -0.2) is 4.98 Å². The lowest BCUT2D eigenvalue weighted by molar-refractivity contribution is -0.186. The van der Waals surface area contributed by atoms with Crippen LogP contribution < -0.4 is 0 Å². The van der Waals surface area contributed by atoms with Crippen LogP contribution in [0, 0.1) is 0 Å². The van der Waals surface area contributed by atoms with E-state index in [2.05, 4.69) is 14.7 Å². The summed E-state index contributed by atoms with van der Waals surface area (Å²) < 4.78 is 37.6. The number of hydrogen-bond acceptors (Lipinski definition) is 3. The van der Waals surface area contributed by atoms with Crippen LogP contribution in [0.15, 0.2) is 30.6 Å². The zero-order valence-corrected chi connectivity index (χ0v) is 10.2. The Morgan fingerprint density at radius 2 is 2.05 bits per heavy atom. The minimum Gasteiger partial charge on any atom is -0.456 e. The van der Waals surface area contributed by atoms with Crippen molar-refractivity contribution in [3.05, 3.63) is 30.6 Å². The van der Waals surface area contributed by atoms with Crippen LogP contribution in [0.2, 0.25) is 0 Å². The summed E-state index contributed by atoms with van der Waals surface area (Å²) in [4.78, 5) is 17.2. The van der Waals surface area contributed by atoms with Crippen molar-refractivity contribution in [2.75, 3.05) is 6.61 Å². The van der Waals surface area contributed by atoms with Crippen LogP contribution in [0.5, 0.6) is 0 Å². The topological polar surface area (TPSA) is 55.0 Å². The highest BCUT2D eigenvalue weighted by Crippen LogP contribution is 2.14. The molecule has 7 heteroatoms. The van der Waals surface area contributed by atoms with E-state index in [1.165, 1.54) is 6.92 Å². The Morgan fingerprint density at radius 3 is 2.63 bits per heavy atom. The van der Waals surface area contributed by atoms with Crippen molar-refractivity contribution < 1.29 is 22.7 Å². The molecule has 0 aliphatic carbocycles. The summed E-state index contributed by atoms with van der Waals surface area (Å²) in [6.07, 6.45) is -2.74. The van der Waals surface area contributed by atoms with E-state index in [0.29, 0.717) is 0 Å². The fraction of sp³-hybridized carbons (Fsp3) is 0.333. The lowest BCUT2D eigenvalue weighted by Gasteiger charge is -2.05. The van der Waals surface area contributed by atoms with Crippen LogP contribution in [0.25, 0.3) is 11.0 Å². The quantitative estimate of drug-likeness (QED) is 0.856. The first-order valence-corrected chi connectivity index (χ1v) is 5.53. The standard InChI is InChI=1S/C7H6N2.C5H7F3O2/c1-2-4-7-6(3-1)8-5-9-7;1-2-4(9)10-3-5(6,7)8/h1-5H,(H,8,9);2-3H2,1H3. The smallest absolute Gasteiger partial charge is 0.422 e. The molecule has 0 atom stereocenters. The number of hydrogen-bond donors (Lipinski definition) is 1. The van der Waals surface area contributed by atoms with E-state index < -0.39 is 18.8 Å². The molecule has 0 fully saturated rings. The van der Waals surface area contributed by atoms with Gasteiger partial charge in [0.2, 0.25) is 0 Å². The number of aromatic nitrogens is 2. The fourth-order valence-electron chi connectivity index (χ4n) is 1.14. The highest BCUT2D eigenvalue weighted by molar-refractivity contribution is 5.73. The molecule has 0 amide bonds. The van der Waals surface area contributed by atoms with Gasteiger partial charge in [0.15, 0.2) is 6.61 Å². The molecule has 1 aromatic carbocycles. The summed E-state index contributed by atoms with van der Waals surface area (Å²) in [6, 6.07) is 7.94. The molecule has 0 saturated carbocycles.